The van der Waals surface area contributed by atoms with Crippen molar-refractivity contribution in [1.29, 1.82) is 0 Å². The Morgan fingerprint density at radius 2 is 1.52 bits per heavy atom. The number of rotatable bonds is 3. The van der Waals surface area contributed by atoms with Gasteiger partial charge in [0, 0.05) is 25.2 Å². The number of methoxy groups -OCH3 is 1. The smallest absolute Gasteiger partial charge is 0.118 e. The maximum Gasteiger partial charge on any atom is 0.118 e. The molecule has 0 N–H and O–H groups in total. The van der Waals surface area contributed by atoms with Crippen LogP contribution in [-0.4, -0.2) is 21.2 Å². The van der Waals surface area contributed by atoms with Gasteiger partial charge in [0.05, 0.1) is 7.11 Å². The van der Waals surface area contributed by atoms with Crippen molar-refractivity contribution in [2.24, 2.45) is 0 Å². The number of hydrogen-bond acceptors (Lipinski definition) is 2. The first-order chi connectivity index (χ1) is 10.2. The summed E-state index contributed by atoms with van der Waals surface area (Å²) in [6.07, 6.45) is 0. The van der Waals surface area contributed by atoms with Gasteiger partial charge in [-0.2, -0.15) is 0 Å². The zero-order chi connectivity index (χ0) is 14.8. The molecule has 3 aromatic rings. The van der Waals surface area contributed by atoms with Gasteiger partial charge in [0.2, 0.25) is 0 Å². The quantitative estimate of drug-likeness (QED) is 0.694. The molecular formula is C19H19NO. The zero-order valence-electron chi connectivity index (χ0n) is 12.6. The van der Waals surface area contributed by atoms with Gasteiger partial charge in [-0.3, -0.25) is 0 Å². The van der Waals surface area contributed by atoms with E-state index in [4.69, 9.17) is 4.74 Å². The molecule has 2 nitrogen and oxygen atoms in total. The minimum atomic E-state index is 0.882. The topological polar surface area (TPSA) is 12.5 Å². The van der Waals surface area contributed by atoms with E-state index in [1.54, 1.807) is 7.11 Å². The molecule has 0 bridgehead atoms. The summed E-state index contributed by atoms with van der Waals surface area (Å²) >= 11 is 0. The van der Waals surface area contributed by atoms with Gasteiger partial charge in [-0.05, 0) is 40.8 Å². The molecular weight excluding hydrogens is 258 g/mol. The van der Waals surface area contributed by atoms with Crippen molar-refractivity contribution in [3.8, 4) is 16.9 Å². The van der Waals surface area contributed by atoms with Crippen molar-refractivity contribution in [3.63, 3.8) is 0 Å². The molecule has 21 heavy (non-hydrogen) atoms. The maximum absolute atomic E-state index is 5.23. The second-order valence-electron chi connectivity index (χ2n) is 5.34. The Hall–Kier alpha value is -2.48. The summed E-state index contributed by atoms with van der Waals surface area (Å²) in [4.78, 5) is 2.16. The van der Waals surface area contributed by atoms with Crippen LogP contribution in [0.2, 0.25) is 0 Å². The number of benzene rings is 3. The van der Waals surface area contributed by atoms with Gasteiger partial charge in [0.25, 0.3) is 0 Å². The summed E-state index contributed by atoms with van der Waals surface area (Å²) in [6.45, 7) is 0. The lowest BCUT2D eigenvalue weighted by Crippen LogP contribution is -2.09. The molecule has 0 saturated heterocycles. The van der Waals surface area contributed by atoms with Crippen molar-refractivity contribution in [3.05, 3.63) is 60.7 Å². The Labute approximate surface area is 125 Å². The maximum atomic E-state index is 5.23. The van der Waals surface area contributed by atoms with E-state index in [1.165, 1.54) is 27.6 Å². The van der Waals surface area contributed by atoms with Crippen LogP contribution in [0.5, 0.6) is 5.75 Å². The molecule has 106 valence electrons. The second kappa shape index (κ2) is 5.49. The van der Waals surface area contributed by atoms with Gasteiger partial charge in [-0.1, -0.05) is 36.4 Å². The van der Waals surface area contributed by atoms with E-state index < -0.39 is 0 Å². The summed E-state index contributed by atoms with van der Waals surface area (Å²) in [5, 5.41) is 2.54. The van der Waals surface area contributed by atoms with Crippen LogP contribution in [0.25, 0.3) is 21.9 Å². The lowest BCUT2D eigenvalue weighted by atomic mass is 9.99. The first kappa shape index (κ1) is 13.5. The van der Waals surface area contributed by atoms with E-state index in [1.807, 2.05) is 12.1 Å². The van der Waals surface area contributed by atoms with Crippen LogP contribution in [0.3, 0.4) is 0 Å². The molecule has 0 spiro atoms. The molecule has 0 radical (unpaired) electrons. The van der Waals surface area contributed by atoms with Crippen LogP contribution in [0.15, 0.2) is 60.7 Å². The molecule has 0 heterocycles. The van der Waals surface area contributed by atoms with Crippen molar-refractivity contribution < 1.29 is 4.74 Å². The number of hydrogen-bond donors (Lipinski definition) is 0. The van der Waals surface area contributed by atoms with E-state index in [9.17, 15) is 0 Å². The van der Waals surface area contributed by atoms with Gasteiger partial charge in [-0.25, -0.2) is 0 Å². The first-order valence-corrected chi connectivity index (χ1v) is 7.03. The van der Waals surface area contributed by atoms with E-state index in [0.717, 1.165) is 5.75 Å². The predicted octanol–water partition coefficient (Wildman–Crippen LogP) is 4.58. The van der Waals surface area contributed by atoms with Crippen LogP contribution < -0.4 is 9.64 Å². The first-order valence-electron chi connectivity index (χ1n) is 7.03. The average molecular weight is 277 g/mol. The Morgan fingerprint density at radius 3 is 2.19 bits per heavy atom. The fraction of sp³-hybridized carbons (Fsp3) is 0.158. The molecule has 0 aliphatic rings. The lowest BCUT2D eigenvalue weighted by molar-refractivity contribution is 0.415. The summed E-state index contributed by atoms with van der Waals surface area (Å²) in [6, 6.07) is 21.2. The van der Waals surface area contributed by atoms with Crippen molar-refractivity contribution in [1.82, 2.24) is 0 Å². The third kappa shape index (κ3) is 2.57. The Balaban J connectivity index is 2.18. The van der Waals surface area contributed by atoms with Crippen LogP contribution in [-0.2, 0) is 0 Å². The second-order valence-corrected chi connectivity index (χ2v) is 5.34. The van der Waals surface area contributed by atoms with Gasteiger partial charge >= 0.3 is 0 Å². The minimum absolute atomic E-state index is 0.882. The summed E-state index contributed by atoms with van der Waals surface area (Å²) < 4.78 is 5.23. The van der Waals surface area contributed by atoms with Gasteiger partial charge in [0.15, 0.2) is 0 Å². The molecule has 0 unspecified atom stereocenters. The Kier molecular flexibility index (Phi) is 3.53. The largest absolute Gasteiger partial charge is 0.497 e. The molecule has 0 fully saturated rings. The van der Waals surface area contributed by atoms with Gasteiger partial charge in [0.1, 0.15) is 5.75 Å². The van der Waals surface area contributed by atoms with Crippen LogP contribution in [0.4, 0.5) is 5.69 Å². The predicted molar refractivity (Wildman–Crippen MR) is 90.3 cm³/mol. The van der Waals surface area contributed by atoms with Gasteiger partial charge in [-0.15, -0.1) is 0 Å². The molecule has 0 atom stereocenters. The highest BCUT2D eigenvalue weighted by Gasteiger charge is 2.07. The molecule has 0 aliphatic heterocycles. The molecule has 0 aliphatic carbocycles. The number of ether oxygens (including phenoxy) is 1. The summed E-state index contributed by atoms with van der Waals surface area (Å²) in [5.74, 6) is 0.882. The van der Waals surface area contributed by atoms with Gasteiger partial charge < -0.3 is 9.64 Å². The summed E-state index contributed by atoms with van der Waals surface area (Å²) in [5.41, 5.74) is 3.66. The standard InChI is InChI=1S/C19H19NO/c1-20(2)19-13-16(12-15-6-4-5-7-18(15)19)14-8-10-17(21-3)11-9-14/h4-13H,1-3H3. The fourth-order valence-electron chi connectivity index (χ4n) is 2.61. The normalized spacial score (nSPS) is 10.6. The monoisotopic (exact) mass is 277 g/mol. The van der Waals surface area contributed by atoms with E-state index in [-0.39, 0.29) is 0 Å². The number of anilines is 1. The SMILES string of the molecule is COc1ccc(-c2cc(N(C)C)c3ccccc3c2)cc1. The third-order valence-electron chi connectivity index (χ3n) is 3.75. The van der Waals surface area contributed by atoms with Crippen LogP contribution >= 0.6 is 0 Å². The van der Waals surface area contributed by atoms with E-state index >= 15 is 0 Å². The Morgan fingerprint density at radius 1 is 0.810 bits per heavy atom. The molecule has 0 saturated carbocycles. The van der Waals surface area contributed by atoms with Crippen molar-refractivity contribution >= 4 is 16.5 Å². The van der Waals surface area contributed by atoms with E-state index in [0.29, 0.717) is 0 Å². The molecule has 2 heteroatoms. The molecule has 3 rings (SSSR count). The molecule has 0 aromatic heterocycles. The van der Waals surface area contributed by atoms with Crippen LogP contribution in [0, 0.1) is 0 Å². The van der Waals surface area contributed by atoms with Crippen molar-refractivity contribution in [2.45, 2.75) is 0 Å². The fourth-order valence-corrected chi connectivity index (χ4v) is 2.61. The average Bonchev–Trinajstić information content (AvgIpc) is 2.53. The highest BCUT2D eigenvalue weighted by Crippen LogP contribution is 2.32. The number of nitrogens with zero attached hydrogens (tertiary/aromatic N) is 1. The number of fused-ring (bicyclic) bond motifs is 1. The minimum Gasteiger partial charge on any atom is -0.497 e. The highest BCUT2D eigenvalue weighted by molar-refractivity contribution is 5.98. The lowest BCUT2D eigenvalue weighted by Gasteiger charge is -2.17. The molecule has 3 aromatic carbocycles. The van der Waals surface area contributed by atoms with Crippen LogP contribution in [0.1, 0.15) is 0 Å². The highest BCUT2D eigenvalue weighted by atomic mass is 16.5. The third-order valence-corrected chi connectivity index (χ3v) is 3.75. The Bertz CT molecular complexity index is 760. The molecule has 0 amide bonds. The van der Waals surface area contributed by atoms with E-state index in [2.05, 4.69) is 67.5 Å². The summed E-state index contributed by atoms with van der Waals surface area (Å²) in [7, 11) is 5.86. The zero-order valence-corrected chi connectivity index (χ0v) is 12.6. The van der Waals surface area contributed by atoms with Crippen molar-refractivity contribution in [2.75, 3.05) is 26.1 Å².